The lowest BCUT2D eigenvalue weighted by Gasteiger charge is -2.33. The Hall–Kier alpha value is -2.15. The van der Waals surface area contributed by atoms with Crippen molar-refractivity contribution in [3.8, 4) is 0 Å². The summed E-state index contributed by atoms with van der Waals surface area (Å²) < 4.78 is 22.4. The summed E-state index contributed by atoms with van der Waals surface area (Å²) in [5.74, 6) is -0.733. The van der Waals surface area contributed by atoms with Gasteiger partial charge in [0.1, 0.15) is 16.7 Å². The molecule has 0 radical (unpaired) electrons. The van der Waals surface area contributed by atoms with Crippen molar-refractivity contribution in [3.63, 3.8) is 0 Å². The number of anilines is 2. The Morgan fingerprint density at radius 1 is 1.43 bits per heavy atom. The van der Waals surface area contributed by atoms with E-state index in [4.69, 9.17) is 4.74 Å². The van der Waals surface area contributed by atoms with Crippen LogP contribution in [0, 0.1) is 5.82 Å². The molecule has 2 aliphatic heterocycles. The van der Waals surface area contributed by atoms with Gasteiger partial charge in [-0.05, 0) is 39.2 Å². The number of aromatic nitrogens is 2. The minimum absolute atomic E-state index is 0.180. The number of hydrogen-bond donors (Lipinski definition) is 2. The molecule has 1 aromatic carbocycles. The Bertz CT molecular complexity index is 793. The summed E-state index contributed by atoms with van der Waals surface area (Å²) in [6.45, 7) is 4.17. The molecule has 2 aliphatic rings. The predicted molar refractivity (Wildman–Crippen MR) is 84.9 cm³/mol. The Balaban J connectivity index is 1.85. The van der Waals surface area contributed by atoms with E-state index in [1.807, 2.05) is 6.07 Å². The molecule has 2 aromatic rings. The van der Waals surface area contributed by atoms with E-state index in [2.05, 4.69) is 15.7 Å². The van der Waals surface area contributed by atoms with Gasteiger partial charge >= 0.3 is 0 Å². The second-order valence-corrected chi connectivity index (χ2v) is 6.67. The maximum atomic E-state index is 15.1. The second-order valence-electron chi connectivity index (χ2n) is 6.67. The first kappa shape index (κ1) is 14.4. The minimum atomic E-state index is -0.782. The van der Waals surface area contributed by atoms with E-state index in [1.54, 1.807) is 24.7 Å². The lowest BCUT2D eigenvalue weighted by molar-refractivity contribution is -0.119. The number of amides is 1. The predicted octanol–water partition coefficient (Wildman–Crippen LogP) is 3.02. The van der Waals surface area contributed by atoms with E-state index < -0.39 is 11.4 Å². The number of fused-ring (bicyclic) bond motifs is 2. The molecule has 1 saturated heterocycles. The molecule has 0 bridgehead atoms. The highest BCUT2D eigenvalue weighted by Crippen LogP contribution is 2.39. The van der Waals surface area contributed by atoms with Crippen LogP contribution in [0.2, 0.25) is 0 Å². The summed E-state index contributed by atoms with van der Waals surface area (Å²) in [5.41, 5.74) is 0.343. The van der Waals surface area contributed by atoms with Crippen LogP contribution in [-0.4, -0.2) is 27.8 Å². The van der Waals surface area contributed by atoms with Gasteiger partial charge in [0.25, 0.3) is 0 Å². The summed E-state index contributed by atoms with van der Waals surface area (Å²) in [5, 5.41) is 10.8. The molecule has 6 nitrogen and oxygen atoms in total. The van der Waals surface area contributed by atoms with Crippen molar-refractivity contribution >= 4 is 28.2 Å². The number of hydrogen-bond acceptors (Lipinski definition) is 4. The van der Waals surface area contributed by atoms with E-state index in [-0.39, 0.29) is 17.8 Å². The SMILES string of the molecule is CC1(C)Nc2cc3cnn(C4CCCCO4)c3c(F)c2NC1=O. The number of benzene rings is 1. The number of carbonyl (C=O) groups is 1. The average Bonchev–Trinajstić information content (AvgIpc) is 2.94. The van der Waals surface area contributed by atoms with Crippen LogP contribution in [0.25, 0.3) is 10.9 Å². The van der Waals surface area contributed by atoms with Crippen molar-refractivity contribution in [2.24, 2.45) is 0 Å². The van der Waals surface area contributed by atoms with Gasteiger partial charge in [0.05, 0.1) is 11.9 Å². The van der Waals surface area contributed by atoms with Crippen molar-refractivity contribution < 1.29 is 13.9 Å². The summed E-state index contributed by atoms with van der Waals surface area (Å²) in [7, 11) is 0. The monoisotopic (exact) mass is 318 g/mol. The van der Waals surface area contributed by atoms with Crippen LogP contribution in [0.4, 0.5) is 15.8 Å². The maximum Gasteiger partial charge on any atom is 0.249 e. The highest BCUT2D eigenvalue weighted by Gasteiger charge is 2.35. The molecule has 3 heterocycles. The molecule has 1 atom stereocenters. The highest BCUT2D eigenvalue weighted by molar-refractivity contribution is 6.08. The third-order valence-corrected chi connectivity index (χ3v) is 4.50. The van der Waals surface area contributed by atoms with Gasteiger partial charge in [-0.1, -0.05) is 0 Å². The number of ether oxygens (including phenoxy) is 1. The number of nitrogens with zero attached hydrogens (tertiary/aromatic N) is 2. The van der Waals surface area contributed by atoms with E-state index in [9.17, 15) is 4.79 Å². The number of halogens is 1. The molecule has 0 saturated carbocycles. The van der Waals surface area contributed by atoms with Crippen LogP contribution in [-0.2, 0) is 9.53 Å². The molecule has 1 unspecified atom stereocenters. The molecule has 2 N–H and O–H groups in total. The van der Waals surface area contributed by atoms with Gasteiger partial charge in [-0.15, -0.1) is 0 Å². The fourth-order valence-electron chi connectivity index (χ4n) is 3.19. The van der Waals surface area contributed by atoms with Gasteiger partial charge in [0, 0.05) is 12.0 Å². The van der Waals surface area contributed by atoms with Gasteiger partial charge < -0.3 is 15.4 Å². The zero-order valence-corrected chi connectivity index (χ0v) is 13.1. The summed E-state index contributed by atoms with van der Waals surface area (Å²) in [4.78, 5) is 12.1. The van der Waals surface area contributed by atoms with Crippen LogP contribution in [0.5, 0.6) is 0 Å². The fourth-order valence-corrected chi connectivity index (χ4v) is 3.19. The van der Waals surface area contributed by atoms with Crippen molar-refractivity contribution in [2.45, 2.75) is 44.9 Å². The minimum Gasteiger partial charge on any atom is -0.370 e. The summed E-state index contributed by atoms with van der Waals surface area (Å²) >= 11 is 0. The summed E-state index contributed by atoms with van der Waals surface area (Å²) in [6, 6.07) is 1.82. The molecule has 0 aliphatic carbocycles. The lowest BCUT2D eigenvalue weighted by Crippen LogP contribution is -2.47. The largest absolute Gasteiger partial charge is 0.370 e. The van der Waals surface area contributed by atoms with E-state index in [0.29, 0.717) is 23.2 Å². The van der Waals surface area contributed by atoms with E-state index >= 15 is 4.39 Å². The van der Waals surface area contributed by atoms with Crippen molar-refractivity contribution in [2.75, 3.05) is 17.2 Å². The molecular formula is C16H19FN4O2. The number of carbonyl (C=O) groups excluding carboxylic acids is 1. The van der Waals surface area contributed by atoms with Gasteiger partial charge in [-0.25, -0.2) is 9.07 Å². The molecular weight excluding hydrogens is 299 g/mol. The molecule has 7 heteroatoms. The van der Waals surface area contributed by atoms with Crippen LogP contribution in [0.1, 0.15) is 39.3 Å². The Morgan fingerprint density at radius 3 is 3.00 bits per heavy atom. The molecule has 4 rings (SSSR count). The highest BCUT2D eigenvalue weighted by atomic mass is 19.1. The van der Waals surface area contributed by atoms with Crippen molar-refractivity contribution in [3.05, 3.63) is 18.1 Å². The Kier molecular flexibility index (Phi) is 3.09. The lowest BCUT2D eigenvalue weighted by atomic mass is 9.99. The van der Waals surface area contributed by atoms with Crippen LogP contribution < -0.4 is 10.6 Å². The molecule has 23 heavy (non-hydrogen) atoms. The average molecular weight is 318 g/mol. The summed E-state index contributed by atoms with van der Waals surface area (Å²) in [6.07, 6.45) is 4.25. The normalized spacial score (nSPS) is 23.3. The van der Waals surface area contributed by atoms with Crippen LogP contribution in [0.3, 0.4) is 0 Å². The van der Waals surface area contributed by atoms with E-state index in [1.165, 1.54) is 0 Å². The topological polar surface area (TPSA) is 68.2 Å². The molecule has 122 valence electrons. The Morgan fingerprint density at radius 2 is 2.26 bits per heavy atom. The first-order valence-electron chi connectivity index (χ1n) is 7.88. The molecule has 1 aromatic heterocycles. The molecule has 0 spiro atoms. The zero-order valence-electron chi connectivity index (χ0n) is 13.1. The first-order chi connectivity index (χ1) is 11.0. The zero-order chi connectivity index (χ0) is 16.2. The fraction of sp³-hybridized carbons (Fsp3) is 0.500. The quantitative estimate of drug-likeness (QED) is 0.848. The number of rotatable bonds is 1. The Labute approximate surface area is 133 Å². The van der Waals surface area contributed by atoms with Crippen LogP contribution >= 0.6 is 0 Å². The molecule has 1 fully saturated rings. The van der Waals surface area contributed by atoms with Crippen molar-refractivity contribution in [1.29, 1.82) is 0 Å². The van der Waals surface area contributed by atoms with Gasteiger partial charge in [0.15, 0.2) is 12.0 Å². The first-order valence-corrected chi connectivity index (χ1v) is 7.88. The second kappa shape index (κ2) is 4.92. The molecule has 1 amide bonds. The maximum absolute atomic E-state index is 15.1. The van der Waals surface area contributed by atoms with Gasteiger partial charge in [0.2, 0.25) is 5.91 Å². The van der Waals surface area contributed by atoms with Crippen molar-refractivity contribution in [1.82, 2.24) is 9.78 Å². The number of nitrogens with one attached hydrogen (secondary N) is 2. The van der Waals surface area contributed by atoms with Crippen LogP contribution in [0.15, 0.2) is 12.3 Å². The van der Waals surface area contributed by atoms with Gasteiger partial charge in [-0.3, -0.25) is 4.79 Å². The van der Waals surface area contributed by atoms with E-state index in [0.717, 1.165) is 19.3 Å². The van der Waals surface area contributed by atoms with Gasteiger partial charge in [-0.2, -0.15) is 5.10 Å². The third kappa shape index (κ3) is 2.18. The smallest absolute Gasteiger partial charge is 0.249 e. The third-order valence-electron chi connectivity index (χ3n) is 4.50. The standard InChI is InChI=1S/C16H19FN4O2/c1-16(2)15(22)19-13-10(20-16)7-9-8-18-21(14(9)12(13)17)11-5-3-4-6-23-11/h7-8,11,20H,3-6H2,1-2H3,(H,19,22).